The number of rotatable bonds is 4. The second-order valence-corrected chi connectivity index (χ2v) is 7.26. The molecule has 0 bridgehead atoms. The average Bonchev–Trinajstić information content (AvgIpc) is 3.35. The smallest absolute Gasteiger partial charge is 0.193 e. The Balaban J connectivity index is 0.00000225. The molecule has 1 saturated heterocycles. The molecule has 7 heteroatoms. The molecule has 1 aliphatic rings. The van der Waals surface area contributed by atoms with Gasteiger partial charge >= 0.3 is 0 Å². The molecular formula is C21H28IN5O. The second kappa shape index (κ2) is 9.45. The normalized spacial score (nSPS) is 20.2. The van der Waals surface area contributed by atoms with E-state index in [1.54, 1.807) is 0 Å². The number of piperidine rings is 1. The van der Waals surface area contributed by atoms with Crippen LogP contribution in [0, 0.1) is 5.92 Å². The van der Waals surface area contributed by atoms with Crippen molar-refractivity contribution in [1.29, 1.82) is 0 Å². The minimum Gasteiger partial charge on any atom is -0.461 e. The fourth-order valence-corrected chi connectivity index (χ4v) is 3.88. The molecule has 3 aromatic rings. The summed E-state index contributed by atoms with van der Waals surface area (Å²) >= 11 is 0. The SMILES string of the molecule is CN=C(NCCc1cc2ccccc2o1)N1CCC(C)C(n2ccnc2)C1.I. The zero-order valence-corrected chi connectivity index (χ0v) is 18.7. The first-order chi connectivity index (χ1) is 13.2. The molecule has 2 aromatic heterocycles. The van der Waals surface area contributed by atoms with Crippen LogP contribution in [-0.4, -0.2) is 47.1 Å². The summed E-state index contributed by atoms with van der Waals surface area (Å²) in [4.78, 5) is 11.1. The van der Waals surface area contributed by atoms with Crippen molar-refractivity contribution in [2.75, 3.05) is 26.7 Å². The largest absolute Gasteiger partial charge is 0.461 e. The zero-order chi connectivity index (χ0) is 18.6. The molecule has 3 heterocycles. The Hall–Kier alpha value is -2.03. The molecule has 0 radical (unpaired) electrons. The van der Waals surface area contributed by atoms with Crippen molar-refractivity contribution in [3.05, 3.63) is 54.8 Å². The van der Waals surface area contributed by atoms with E-state index in [2.05, 4.69) is 50.0 Å². The lowest BCUT2D eigenvalue weighted by atomic mass is 9.93. The number of aliphatic imine (C=N–C) groups is 1. The molecule has 1 aromatic carbocycles. The van der Waals surface area contributed by atoms with Crippen LogP contribution in [0.5, 0.6) is 0 Å². The van der Waals surface area contributed by atoms with E-state index in [-0.39, 0.29) is 24.0 Å². The summed E-state index contributed by atoms with van der Waals surface area (Å²) in [5.41, 5.74) is 0.949. The van der Waals surface area contributed by atoms with Gasteiger partial charge in [-0.3, -0.25) is 4.99 Å². The molecule has 2 atom stereocenters. The van der Waals surface area contributed by atoms with Crippen molar-refractivity contribution in [3.8, 4) is 0 Å². The summed E-state index contributed by atoms with van der Waals surface area (Å²) in [6.07, 6.45) is 7.81. The Labute approximate surface area is 183 Å². The molecule has 28 heavy (non-hydrogen) atoms. The van der Waals surface area contributed by atoms with E-state index in [0.29, 0.717) is 12.0 Å². The first kappa shape index (κ1) is 20.7. The lowest BCUT2D eigenvalue weighted by Gasteiger charge is -2.39. The summed E-state index contributed by atoms with van der Waals surface area (Å²) in [6.45, 7) is 5.09. The van der Waals surface area contributed by atoms with Crippen LogP contribution in [0.3, 0.4) is 0 Å². The number of likely N-dealkylation sites (tertiary alicyclic amines) is 1. The van der Waals surface area contributed by atoms with E-state index in [1.807, 2.05) is 37.8 Å². The van der Waals surface area contributed by atoms with E-state index in [4.69, 9.17) is 4.42 Å². The number of aromatic nitrogens is 2. The van der Waals surface area contributed by atoms with Gasteiger partial charge in [0.2, 0.25) is 0 Å². The number of hydrogen-bond acceptors (Lipinski definition) is 3. The van der Waals surface area contributed by atoms with Gasteiger partial charge in [0.25, 0.3) is 0 Å². The number of benzene rings is 1. The minimum atomic E-state index is 0. The fraction of sp³-hybridized carbons (Fsp3) is 0.429. The molecule has 1 N–H and O–H groups in total. The molecule has 150 valence electrons. The van der Waals surface area contributed by atoms with Gasteiger partial charge in [-0.25, -0.2) is 4.98 Å². The molecule has 6 nitrogen and oxygen atoms in total. The van der Waals surface area contributed by atoms with Crippen molar-refractivity contribution in [2.24, 2.45) is 10.9 Å². The van der Waals surface area contributed by atoms with Crippen LogP contribution >= 0.6 is 24.0 Å². The van der Waals surface area contributed by atoms with Gasteiger partial charge in [0.05, 0.1) is 12.4 Å². The summed E-state index contributed by atoms with van der Waals surface area (Å²) in [7, 11) is 1.85. The predicted molar refractivity (Wildman–Crippen MR) is 123 cm³/mol. The molecule has 0 saturated carbocycles. The van der Waals surface area contributed by atoms with E-state index in [1.165, 1.54) is 0 Å². The number of nitrogens with zero attached hydrogens (tertiary/aromatic N) is 4. The molecule has 4 rings (SSSR count). The van der Waals surface area contributed by atoms with Crippen LogP contribution in [-0.2, 0) is 6.42 Å². The number of nitrogens with one attached hydrogen (secondary N) is 1. The summed E-state index contributed by atoms with van der Waals surface area (Å²) in [5, 5.41) is 4.66. The number of fused-ring (bicyclic) bond motifs is 1. The number of para-hydroxylation sites is 1. The Morgan fingerprint density at radius 3 is 2.96 bits per heavy atom. The minimum absolute atomic E-state index is 0. The molecule has 0 aliphatic carbocycles. The number of hydrogen-bond donors (Lipinski definition) is 1. The highest BCUT2D eigenvalue weighted by Crippen LogP contribution is 2.27. The predicted octanol–water partition coefficient (Wildman–Crippen LogP) is 3.95. The third-order valence-electron chi connectivity index (χ3n) is 5.47. The highest BCUT2D eigenvalue weighted by atomic mass is 127. The van der Waals surface area contributed by atoms with Crippen LogP contribution in [0.25, 0.3) is 11.0 Å². The quantitative estimate of drug-likeness (QED) is 0.340. The maximum Gasteiger partial charge on any atom is 0.193 e. The van der Waals surface area contributed by atoms with E-state index in [9.17, 15) is 0 Å². The Kier molecular flexibility index (Phi) is 6.98. The lowest BCUT2D eigenvalue weighted by Crippen LogP contribution is -2.49. The lowest BCUT2D eigenvalue weighted by molar-refractivity contribution is 0.189. The topological polar surface area (TPSA) is 58.6 Å². The van der Waals surface area contributed by atoms with Gasteiger partial charge in [-0.15, -0.1) is 24.0 Å². The Morgan fingerprint density at radius 1 is 1.36 bits per heavy atom. The Morgan fingerprint density at radius 2 is 2.21 bits per heavy atom. The highest BCUT2D eigenvalue weighted by molar-refractivity contribution is 14.0. The van der Waals surface area contributed by atoms with Gasteiger partial charge in [-0.05, 0) is 24.5 Å². The monoisotopic (exact) mass is 493 g/mol. The molecule has 1 fully saturated rings. The highest BCUT2D eigenvalue weighted by Gasteiger charge is 2.28. The van der Waals surface area contributed by atoms with Gasteiger partial charge in [0, 0.05) is 50.9 Å². The maximum atomic E-state index is 5.91. The average molecular weight is 493 g/mol. The first-order valence-corrected chi connectivity index (χ1v) is 9.65. The Bertz CT molecular complexity index is 872. The van der Waals surface area contributed by atoms with Crippen molar-refractivity contribution < 1.29 is 4.42 Å². The third-order valence-corrected chi connectivity index (χ3v) is 5.47. The molecule has 2 unspecified atom stereocenters. The van der Waals surface area contributed by atoms with Gasteiger partial charge in [-0.1, -0.05) is 25.1 Å². The first-order valence-electron chi connectivity index (χ1n) is 9.65. The number of guanidine groups is 1. The van der Waals surface area contributed by atoms with Crippen LogP contribution in [0.2, 0.25) is 0 Å². The van der Waals surface area contributed by atoms with Gasteiger partial charge < -0.3 is 19.2 Å². The zero-order valence-electron chi connectivity index (χ0n) is 16.4. The molecular weight excluding hydrogens is 465 g/mol. The van der Waals surface area contributed by atoms with Crippen LogP contribution in [0.15, 0.2) is 58.5 Å². The van der Waals surface area contributed by atoms with Crippen LogP contribution < -0.4 is 5.32 Å². The van der Waals surface area contributed by atoms with E-state index in [0.717, 1.165) is 55.2 Å². The molecule has 0 spiro atoms. The fourth-order valence-electron chi connectivity index (χ4n) is 3.88. The number of imidazole rings is 1. The summed E-state index contributed by atoms with van der Waals surface area (Å²) < 4.78 is 8.13. The van der Waals surface area contributed by atoms with Crippen LogP contribution in [0.4, 0.5) is 0 Å². The van der Waals surface area contributed by atoms with Crippen molar-refractivity contribution in [2.45, 2.75) is 25.8 Å². The van der Waals surface area contributed by atoms with Gasteiger partial charge in [0.1, 0.15) is 11.3 Å². The van der Waals surface area contributed by atoms with Crippen molar-refractivity contribution in [3.63, 3.8) is 0 Å². The maximum absolute atomic E-state index is 5.91. The summed E-state index contributed by atoms with van der Waals surface area (Å²) in [6, 6.07) is 10.7. The summed E-state index contributed by atoms with van der Waals surface area (Å²) in [5.74, 6) is 2.59. The molecule has 0 amide bonds. The van der Waals surface area contributed by atoms with E-state index < -0.39 is 0 Å². The van der Waals surface area contributed by atoms with Gasteiger partial charge in [0.15, 0.2) is 5.96 Å². The second-order valence-electron chi connectivity index (χ2n) is 7.26. The van der Waals surface area contributed by atoms with E-state index >= 15 is 0 Å². The van der Waals surface area contributed by atoms with Crippen LogP contribution in [0.1, 0.15) is 25.1 Å². The van der Waals surface area contributed by atoms with Gasteiger partial charge in [-0.2, -0.15) is 0 Å². The van der Waals surface area contributed by atoms with Crippen molar-refractivity contribution in [1.82, 2.24) is 19.8 Å². The third kappa shape index (κ3) is 4.51. The number of halogens is 1. The number of furan rings is 1. The standard InChI is InChI=1S/C21H27N5O.HI/c1-16-8-11-25(14-19(16)26-12-10-23-15-26)21(22-2)24-9-7-18-13-17-5-3-4-6-20(17)27-18;/h3-6,10,12-13,15-16,19H,7-9,11,14H2,1-2H3,(H,22,24);1H. The molecule has 1 aliphatic heterocycles. The van der Waals surface area contributed by atoms with Crippen molar-refractivity contribution >= 4 is 40.9 Å².